The van der Waals surface area contributed by atoms with Crippen molar-refractivity contribution in [1.29, 1.82) is 5.26 Å². The van der Waals surface area contributed by atoms with Gasteiger partial charge in [0.05, 0.1) is 17.8 Å². The number of benzene rings is 1. The van der Waals surface area contributed by atoms with Gasteiger partial charge in [-0.05, 0) is 37.6 Å². The molecule has 2 aromatic rings. The lowest BCUT2D eigenvalue weighted by Crippen LogP contribution is -2.55. The SMILES string of the molecule is C=CCC(C)Nc1nccc(-c2ccc(OC3CCN(C(=O)CO)CC3(F)F)c(C#N)c2)n1. The summed E-state index contributed by atoms with van der Waals surface area (Å²) < 4.78 is 34.7. The molecule has 10 heteroatoms. The summed E-state index contributed by atoms with van der Waals surface area (Å²) in [6.45, 7) is 4.03. The number of amides is 1. The fraction of sp³-hybridized carbons (Fsp3) is 0.391. The van der Waals surface area contributed by atoms with E-state index in [0.717, 1.165) is 11.3 Å². The molecule has 2 atom stereocenters. The number of alkyl halides is 2. The van der Waals surface area contributed by atoms with Crippen molar-refractivity contribution in [3.05, 3.63) is 48.7 Å². The van der Waals surface area contributed by atoms with Gasteiger partial charge in [0.2, 0.25) is 11.9 Å². The third-order valence-corrected chi connectivity index (χ3v) is 5.24. The third-order valence-electron chi connectivity index (χ3n) is 5.24. The molecule has 0 saturated carbocycles. The van der Waals surface area contributed by atoms with E-state index in [1.807, 2.05) is 13.0 Å². The van der Waals surface area contributed by atoms with Crippen molar-refractivity contribution in [1.82, 2.24) is 14.9 Å². The average Bonchev–Trinajstić information content (AvgIpc) is 2.80. The summed E-state index contributed by atoms with van der Waals surface area (Å²) in [6.07, 6.45) is 2.48. The van der Waals surface area contributed by atoms with Crippen molar-refractivity contribution in [2.75, 3.05) is 25.0 Å². The van der Waals surface area contributed by atoms with Crippen LogP contribution in [0.2, 0.25) is 0 Å². The van der Waals surface area contributed by atoms with Gasteiger partial charge in [-0.25, -0.2) is 18.7 Å². The second-order valence-electron chi connectivity index (χ2n) is 7.79. The van der Waals surface area contributed by atoms with Crippen LogP contribution < -0.4 is 10.1 Å². The lowest BCUT2D eigenvalue weighted by molar-refractivity contribution is -0.161. The van der Waals surface area contributed by atoms with Crippen LogP contribution >= 0.6 is 0 Å². The van der Waals surface area contributed by atoms with Crippen LogP contribution in [0.25, 0.3) is 11.3 Å². The van der Waals surface area contributed by atoms with Crippen molar-refractivity contribution in [3.63, 3.8) is 0 Å². The van der Waals surface area contributed by atoms with Crippen LogP contribution in [0.1, 0.15) is 25.3 Å². The van der Waals surface area contributed by atoms with Gasteiger partial charge >= 0.3 is 5.92 Å². The minimum absolute atomic E-state index is 0.0277. The first-order valence-corrected chi connectivity index (χ1v) is 10.5. The van der Waals surface area contributed by atoms with E-state index in [1.165, 1.54) is 12.1 Å². The molecular formula is C23H25F2N5O3. The zero-order valence-electron chi connectivity index (χ0n) is 18.2. The Labute approximate surface area is 190 Å². The minimum atomic E-state index is -3.33. The number of rotatable bonds is 8. The predicted molar refractivity (Wildman–Crippen MR) is 118 cm³/mol. The standard InChI is InChI=1S/C23H25F2N5O3/c1-3-4-15(2)28-22-27-9-7-18(29-22)16-5-6-19(17(11-16)12-26)33-20-8-10-30(21(32)13-31)14-23(20,24)25/h3,5-7,9,11,15,20,31H,1,4,8,10,13-14H2,2H3,(H,27,28,29). The number of hydrogen-bond acceptors (Lipinski definition) is 7. The van der Waals surface area contributed by atoms with E-state index in [0.29, 0.717) is 17.2 Å². The number of halogens is 2. The molecule has 1 aliphatic rings. The molecule has 0 radical (unpaired) electrons. The lowest BCUT2D eigenvalue weighted by Gasteiger charge is -2.38. The summed E-state index contributed by atoms with van der Waals surface area (Å²) in [6, 6.07) is 8.38. The molecule has 0 spiro atoms. The normalized spacial score (nSPS) is 18.2. The number of carbonyl (C=O) groups excluding carboxylic acids is 1. The molecule has 174 valence electrons. The van der Waals surface area contributed by atoms with Gasteiger partial charge in [0.15, 0.2) is 6.10 Å². The Morgan fingerprint density at radius 3 is 2.97 bits per heavy atom. The van der Waals surface area contributed by atoms with E-state index in [9.17, 15) is 18.8 Å². The van der Waals surface area contributed by atoms with Crippen LogP contribution in [0, 0.1) is 11.3 Å². The van der Waals surface area contributed by atoms with Crippen LogP contribution in [-0.4, -0.2) is 63.6 Å². The molecule has 1 fully saturated rings. The molecule has 1 aromatic heterocycles. The Hall–Kier alpha value is -3.58. The molecule has 1 amide bonds. The molecule has 1 aromatic carbocycles. The fourth-order valence-corrected chi connectivity index (χ4v) is 3.53. The summed E-state index contributed by atoms with van der Waals surface area (Å²) in [5, 5.41) is 21.6. The zero-order valence-corrected chi connectivity index (χ0v) is 18.2. The highest BCUT2D eigenvalue weighted by atomic mass is 19.3. The first-order valence-electron chi connectivity index (χ1n) is 10.5. The van der Waals surface area contributed by atoms with Crippen molar-refractivity contribution >= 4 is 11.9 Å². The number of aliphatic hydroxyl groups is 1. The highest BCUT2D eigenvalue weighted by Crippen LogP contribution is 2.33. The minimum Gasteiger partial charge on any atom is -0.483 e. The number of piperidine rings is 1. The zero-order chi connectivity index (χ0) is 24.0. The molecule has 8 nitrogen and oxygen atoms in total. The van der Waals surface area contributed by atoms with Crippen molar-refractivity contribution in [3.8, 4) is 23.1 Å². The Morgan fingerprint density at radius 1 is 1.52 bits per heavy atom. The lowest BCUT2D eigenvalue weighted by atomic mass is 10.0. The van der Waals surface area contributed by atoms with Gasteiger partial charge in [0.1, 0.15) is 18.4 Å². The Bertz CT molecular complexity index is 1060. The van der Waals surface area contributed by atoms with Gasteiger partial charge in [-0.3, -0.25) is 4.79 Å². The van der Waals surface area contributed by atoms with E-state index >= 15 is 0 Å². The number of hydrogen-bond donors (Lipinski definition) is 2. The van der Waals surface area contributed by atoms with Gasteiger partial charge in [-0.1, -0.05) is 6.08 Å². The van der Waals surface area contributed by atoms with Crippen LogP contribution in [0.3, 0.4) is 0 Å². The van der Waals surface area contributed by atoms with E-state index < -0.39 is 31.1 Å². The number of carbonyl (C=O) groups is 1. The van der Waals surface area contributed by atoms with Crippen LogP contribution in [0.4, 0.5) is 14.7 Å². The predicted octanol–water partition coefficient (Wildman–Crippen LogP) is 3.00. The maximum atomic E-state index is 14.6. The van der Waals surface area contributed by atoms with Gasteiger partial charge in [-0.2, -0.15) is 5.26 Å². The van der Waals surface area contributed by atoms with E-state index in [2.05, 4.69) is 21.9 Å². The third kappa shape index (κ3) is 5.81. The molecule has 0 aliphatic carbocycles. The van der Waals surface area contributed by atoms with Crippen LogP contribution in [0.5, 0.6) is 5.75 Å². The highest BCUT2D eigenvalue weighted by molar-refractivity contribution is 5.77. The van der Waals surface area contributed by atoms with Crippen LogP contribution in [0.15, 0.2) is 43.1 Å². The molecule has 33 heavy (non-hydrogen) atoms. The van der Waals surface area contributed by atoms with Gasteiger partial charge in [0, 0.05) is 30.8 Å². The number of ether oxygens (including phenoxy) is 1. The molecule has 2 heterocycles. The summed E-state index contributed by atoms with van der Waals surface area (Å²) in [5.74, 6) is -3.64. The van der Waals surface area contributed by atoms with E-state index in [4.69, 9.17) is 9.84 Å². The van der Waals surface area contributed by atoms with Gasteiger partial charge in [-0.15, -0.1) is 6.58 Å². The molecule has 2 N–H and O–H groups in total. The summed E-state index contributed by atoms with van der Waals surface area (Å²) in [4.78, 5) is 21.1. The molecular weight excluding hydrogens is 432 g/mol. The quantitative estimate of drug-likeness (QED) is 0.586. The smallest absolute Gasteiger partial charge is 0.301 e. The molecule has 2 unspecified atom stereocenters. The van der Waals surface area contributed by atoms with E-state index in [1.54, 1.807) is 24.4 Å². The summed E-state index contributed by atoms with van der Waals surface area (Å²) >= 11 is 0. The molecule has 1 aliphatic heterocycles. The molecule has 1 saturated heterocycles. The number of nitrogens with one attached hydrogen (secondary N) is 1. The van der Waals surface area contributed by atoms with E-state index in [-0.39, 0.29) is 30.3 Å². The Morgan fingerprint density at radius 2 is 2.30 bits per heavy atom. The number of anilines is 1. The van der Waals surface area contributed by atoms with Crippen molar-refractivity contribution < 1.29 is 23.4 Å². The molecule has 0 bridgehead atoms. The Balaban J connectivity index is 1.78. The first kappa shape index (κ1) is 24.1. The van der Waals surface area contributed by atoms with Crippen molar-refractivity contribution in [2.24, 2.45) is 0 Å². The highest BCUT2D eigenvalue weighted by Gasteiger charge is 2.47. The van der Waals surface area contributed by atoms with Gasteiger partial charge < -0.3 is 20.1 Å². The first-order chi connectivity index (χ1) is 15.8. The van der Waals surface area contributed by atoms with Gasteiger partial charge in [0.25, 0.3) is 0 Å². The topological polar surface area (TPSA) is 111 Å². The van der Waals surface area contributed by atoms with Crippen molar-refractivity contribution in [2.45, 2.75) is 37.8 Å². The second-order valence-corrected chi connectivity index (χ2v) is 7.79. The number of nitrogens with zero attached hydrogens (tertiary/aromatic N) is 4. The summed E-state index contributed by atoms with van der Waals surface area (Å²) in [5.41, 5.74) is 1.25. The molecule has 3 rings (SSSR count). The monoisotopic (exact) mass is 457 g/mol. The number of aromatic nitrogens is 2. The number of nitriles is 1. The maximum absolute atomic E-state index is 14.6. The number of likely N-dealkylation sites (tertiary alicyclic amines) is 1. The number of aliphatic hydroxyl groups excluding tert-OH is 1. The average molecular weight is 457 g/mol. The fourth-order valence-electron chi connectivity index (χ4n) is 3.53. The largest absolute Gasteiger partial charge is 0.483 e. The van der Waals surface area contributed by atoms with Crippen LogP contribution in [-0.2, 0) is 4.79 Å². The second kappa shape index (κ2) is 10.4. The summed E-state index contributed by atoms with van der Waals surface area (Å²) in [7, 11) is 0. The maximum Gasteiger partial charge on any atom is 0.301 e. The Kier molecular flexibility index (Phi) is 7.55.